The van der Waals surface area contributed by atoms with E-state index in [4.69, 9.17) is 0 Å². The van der Waals surface area contributed by atoms with E-state index in [0.717, 1.165) is 29.3 Å². The maximum Gasteiger partial charge on any atom is 0.319 e. The smallest absolute Gasteiger partial charge is 0.319 e. The highest BCUT2D eigenvalue weighted by atomic mass is 16.3. The molecule has 4 heteroatoms. The Labute approximate surface area is 124 Å². The number of rotatable bonds is 2. The van der Waals surface area contributed by atoms with Crippen molar-refractivity contribution in [3.8, 4) is 5.75 Å². The molecule has 2 amide bonds. The van der Waals surface area contributed by atoms with Crippen molar-refractivity contribution in [1.82, 2.24) is 5.32 Å². The summed E-state index contributed by atoms with van der Waals surface area (Å²) in [6.07, 6.45) is 5.76. The van der Waals surface area contributed by atoms with Crippen LogP contribution in [0.1, 0.15) is 32.1 Å². The summed E-state index contributed by atoms with van der Waals surface area (Å²) in [6, 6.07) is 11.0. The van der Waals surface area contributed by atoms with Gasteiger partial charge in [-0.25, -0.2) is 4.79 Å². The van der Waals surface area contributed by atoms with Crippen LogP contribution in [0.4, 0.5) is 10.5 Å². The van der Waals surface area contributed by atoms with E-state index in [0.29, 0.717) is 0 Å². The number of fused-ring (bicyclic) bond motifs is 1. The number of anilines is 1. The maximum atomic E-state index is 12.1. The minimum Gasteiger partial charge on any atom is -0.507 e. The molecule has 0 atom stereocenters. The van der Waals surface area contributed by atoms with Gasteiger partial charge in [-0.15, -0.1) is 0 Å². The minimum atomic E-state index is -0.169. The molecule has 1 aliphatic rings. The largest absolute Gasteiger partial charge is 0.507 e. The third-order valence-corrected chi connectivity index (χ3v) is 4.09. The van der Waals surface area contributed by atoms with Crippen molar-refractivity contribution in [3.05, 3.63) is 36.4 Å². The van der Waals surface area contributed by atoms with Crippen LogP contribution in [0.3, 0.4) is 0 Å². The SMILES string of the molecule is O=C(Nc1ccc(O)c2ccccc12)NC1CCCCC1. The lowest BCUT2D eigenvalue weighted by Gasteiger charge is -2.23. The number of aromatic hydroxyl groups is 1. The van der Waals surface area contributed by atoms with Crippen molar-refractivity contribution in [2.45, 2.75) is 38.1 Å². The van der Waals surface area contributed by atoms with Crippen LogP contribution < -0.4 is 10.6 Å². The van der Waals surface area contributed by atoms with Gasteiger partial charge in [0, 0.05) is 16.8 Å². The Hall–Kier alpha value is -2.23. The van der Waals surface area contributed by atoms with Gasteiger partial charge in [0.15, 0.2) is 0 Å². The predicted octanol–water partition coefficient (Wildman–Crippen LogP) is 4.00. The molecule has 4 nitrogen and oxygen atoms in total. The second kappa shape index (κ2) is 6.04. The molecular formula is C17H20N2O2. The molecule has 3 N–H and O–H groups in total. The molecule has 0 unspecified atom stereocenters. The van der Waals surface area contributed by atoms with Crippen molar-refractivity contribution in [1.29, 1.82) is 0 Å². The number of carbonyl (C=O) groups excluding carboxylic acids is 1. The summed E-state index contributed by atoms with van der Waals surface area (Å²) in [5.74, 6) is 0.226. The zero-order valence-electron chi connectivity index (χ0n) is 11.9. The average molecular weight is 284 g/mol. The Morgan fingerprint density at radius 2 is 1.71 bits per heavy atom. The molecule has 0 heterocycles. The molecule has 0 spiro atoms. The number of nitrogens with one attached hydrogen (secondary N) is 2. The molecule has 0 aliphatic heterocycles. The van der Waals surface area contributed by atoms with Crippen LogP contribution in [0.5, 0.6) is 5.75 Å². The van der Waals surface area contributed by atoms with E-state index in [1.807, 2.05) is 24.3 Å². The highest BCUT2D eigenvalue weighted by Crippen LogP contribution is 2.30. The van der Waals surface area contributed by atoms with E-state index in [1.165, 1.54) is 19.3 Å². The first-order chi connectivity index (χ1) is 10.2. The lowest BCUT2D eigenvalue weighted by Crippen LogP contribution is -2.39. The standard InChI is InChI=1S/C17H20N2O2/c20-16-11-10-15(13-8-4-5-9-14(13)16)19-17(21)18-12-6-2-1-3-7-12/h4-5,8-12,20H,1-3,6-7H2,(H2,18,19,21). The number of benzene rings is 2. The van der Waals surface area contributed by atoms with Crippen LogP contribution >= 0.6 is 0 Å². The van der Waals surface area contributed by atoms with E-state index in [2.05, 4.69) is 10.6 Å². The van der Waals surface area contributed by atoms with Crippen LogP contribution in [0, 0.1) is 0 Å². The summed E-state index contributed by atoms with van der Waals surface area (Å²) in [4.78, 5) is 12.1. The first-order valence-corrected chi connectivity index (χ1v) is 7.52. The molecule has 21 heavy (non-hydrogen) atoms. The van der Waals surface area contributed by atoms with Gasteiger partial charge in [-0.1, -0.05) is 43.5 Å². The fourth-order valence-corrected chi connectivity index (χ4v) is 2.98. The average Bonchev–Trinajstić information content (AvgIpc) is 2.51. The molecule has 3 rings (SSSR count). The molecule has 1 aliphatic carbocycles. The van der Waals surface area contributed by atoms with Gasteiger partial charge in [0.2, 0.25) is 0 Å². The Morgan fingerprint density at radius 1 is 1.00 bits per heavy atom. The quantitative estimate of drug-likeness (QED) is 0.730. The highest BCUT2D eigenvalue weighted by molar-refractivity contribution is 6.03. The maximum absolute atomic E-state index is 12.1. The predicted molar refractivity (Wildman–Crippen MR) is 84.6 cm³/mol. The monoisotopic (exact) mass is 284 g/mol. The highest BCUT2D eigenvalue weighted by Gasteiger charge is 2.16. The van der Waals surface area contributed by atoms with Gasteiger partial charge in [-0.3, -0.25) is 0 Å². The summed E-state index contributed by atoms with van der Waals surface area (Å²) >= 11 is 0. The number of urea groups is 1. The first kappa shape index (κ1) is 13.7. The van der Waals surface area contributed by atoms with Gasteiger partial charge in [0.25, 0.3) is 0 Å². The van der Waals surface area contributed by atoms with Crippen molar-refractivity contribution < 1.29 is 9.90 Å². The van der Waals surface area contributed by atoms with Crippen LogP contribution in [-0.2, 0) is 0 Å². The summed E-state index contributed by atoms with van der Waals surface area (Å²) in [6.45, 7) is 0. The summed E-state index contributed by atoms with van der Waals surface area (Å²) in [7, 11) is 0. The van der Waals surface area contributed by atoms with Crippen LogP contribution in [0.2, 0.25) is 0 Å². The van der Waals surface area contributed by atoms with Gasteiger partial charge < -0.3 is 15.7 Å². The molecule has 1 fully saturated rings. The Morgan fingerprint density at radius 3 is 2.48 bits per heavy atom. The normalized spacial score (nSPS) is 15.8. The van der Waals surface area contributed by atoms with Gasteiger partial charge >= 0.3 is 6.03 Å². The van der Waals surface area contributed by atoms with Crippen molar-refractivity contribution in [2.75, 3.05) is 5.32 Å². The van der Waals surface area contributed by atoms with Crippen molar-refractivity contribution >= 4 is 22.5 Å². The van der Waals surface area contributed by atoms with Gasteiger partial charge in [-0.05, 0) is 25.0 Å². The fraction of sp³-hybridized carbons (Fsp3) is 0.353. The van der Waals surface area contributed by atoms with E-state index in [9.17, 15) is 9.90 Å². The zero-order valence-corrected chi connectivity index (χ0v) is 11.9. The molecule has 2 aromatic rings. The number of phenolic OH excluding ortho intramolecular Hbond substituents is 1. The Balaban J connectivity index is 1.75. The summed E-state index contributed by atoms with van der Waals surface area (Å²) in [5, 5.41) is 17.4. The molecule has 0 aromatic heterocycles. The molecular weight excluding hydrogens is 264 g/mol. The molecule has 2 aromatic carbocycles. The topological polar surface area (TPSA) is 61.4 Å². The van der Waals surface area contributed by atoms with Crippen molar-refractivity contribution in [2.24, 2.45) is 0 Å². The number of hydrogen-bond donors (Lipinski definition) is 3. The third-order valence-electron chi connectivity index (χ3n) is 4.09. The number of carbonyl (C=O) groups is 1. The second-order valence-electron chi connectivity index (χ2n) is 5.61. The number of amides is 2. The van der Waals surface area contributed by atoms with Gasteiger partial charge in [-0.2, -0.15) is 0 Å². The van der Waals surface area contributed by atoms with Gasteiger partial charge in [0.05, 0.1) is 5.69 Å². The molecule has 110 valence electrons. The van der Waals surface area contributed by atoms with Crippen molar-refractivity contribution in [3.63, 3.8) is 0 Å². The lowest BCUT2D eigenvalue weighted by molar-refractivity contribution is 0.244. The van der Waals surface area contributed by atoms with Crippen LogP contribution in [-0.4, -0.2) is 17.2 Å². The lowest BCUT2D eigenvalue weighted by atomic mass is 9.96. The van der Waals surface area contributed by atoms with E-state index < -0.39 is 0 Å². The Kier molecular flexibility index (Phi) is 3.95. The van der Waals surface area contributed by atoms with E-state index >= 15 is 0 Å². The molecule has 0 bridgehead atoms. The molecule has 0 saturated heterocycles. The molecule has 0 radical (unpaired) electrons. The molecule has 1 saturated carbocycles. The first-order valence-electron chi connectivity index (χ1n) is 7.52. The third kappa shape index (κ3) is 3.10. The van der Waals surface area contributed by atoms with E-state index in [-0.39, 0.29) is 17.8 Å². The summed E-state index contributed by atoms with van der Waals surface area (Å²) in [5.41, 5.74) is 0.719. The fourth-order valence-electron chi connectivity index (χ4n) is 2.98. The number of phenols is 1. The van der Waals surface area contributed by atoms with Crippen LogP contribution in [0.25, 0.3) is 10.8 Å². The van der Waals surface area contributed by atoms with Crippen LogP contribution in [0.15, 0.2) is 36.4 Å². The Bertz CT molecular complexity index is 648. The zero-order chi connectivity index (χ0) is 14.7. The van der Waals surface area contributed by atoms with Gasteiger partial charge in [0.1, 0.15) is 5.75 Å². The summed E-state index contributed by atoms with van der Waals surface area (Å²) < 4.78 is 0. The second-order valence-corrected chi connectivity index (χ2v) is 5.61. The number of hydrogen-bond acceptors (Lipinski definition) is 2. The van der Waals surface area contributed by atoms with E-state index in [1.54, 1.807) is 12.1 Å². The minimum absolute atomic E-state index is 0.169.